The second kappa shape index (κ2) is 7.02. The molecule has 0 spiro atoms. The number of rotatable bonds is 5. The van der Waals surface area contributed by atoms with Crippen LogP contribution in [0.4, 0.5) is 5.69 Å². The highest BCUT2D eigenvalue weighted by Gasteiger charge is 2.12. The Balaban J connectivity index is 3.01. The van der Waals surface area contributed by atoms with Crippen molar-refractivity contribution in [1.82, 2.24) is 0 Å². The van der Waals surface area contributed by atoms with Gasteiger partial charge in [-0.3, -0.25) is 4.79 Å². The largest absolute Gasteiger partial charge is 0.468 e. The molecule has 1 aromatic rings. The van der Waals surface area contributed by atoms with E-state index in [0.29, 0.717) is 5.56 Å². The van der Waals surface area contributed by atoms with Crippen LogP contribution in [-0.4, -0.2) is 26.2 Å². The maximum Gasteiger partial charge on any atom is 0.325 e. The Morgan fingerprint density at radius 3 is 2.78 bits per heavy atom. The van der Waals surface area contributed by atoms with Crippen LogP contribution in [0.5, 0.6) is 0 Å². The van der Waals surface area contributed by atoms with Crippen molar-refractivity contribution in [3.05, 3.63) is 28.2 Å². The lowest BCUT2D eigenvalue weighted by Gasteiger charge is -2.23. The van der Waals surface area contributed by atoms with Gasteiger partial charge in [0.2, 0.25) is 0 Å². The number of esters is 1. The molecule has 0 bridgehead atoms. The lowest BCUT2D eigenvalue weighted by molar-refractivity contribution is -0.138. The summed E-state index contributed by atoms with van der Waals surface area (Å²) in [5.74, 6) is -0.290. The number of methoxy groups -OCH3 is 1. The maximum atomic E-state index is 11.4. The third-order valence-electron chi connectivity index (χ3n) is 2.42. The van der Waals surface area contributed by atoms with Gasteiger partial charge < -0.3 is 9.64 Å². The smallest absolute Gasteiger partial charge is 0.325 e. The fourth-order valence-corrected chi connectivity index (χ4v) is 2.09. The van der Waals surface area contributed by atoms with Gasteiger partial charge in [0.15, 0.2) is 0 Å². The maximum absolute atomic E-state index is 11.4. The summed E-state index contributed by atoms with van der Waals surface area (Å²) in [6, 6.07) is 7.50. The van der Waals surface area contributed by atoms with E-state index in [9.17, 15) is 4.79 Å². The van der Waals surface area contributed by atoms with Gasteiger partial charge in [-0.15, -0.1) is 0 Å². The lowest BCUT2D eigenvalue weighted by Crippen LogP contribution is -2.31. The number of ether oxygens (including phenoxy) is 1. The number of nitrogens with zero attached hydrogens (tertiary/aromatic N) is 2. The summed E-state index contributed by atoms with van der Waals surface area (Å²) in [5, 5.41) is 8.95. The minimum atomic E-state index is -0.290. The molecule has 18 heavy (non-hydrogen) atoms. The van der Waals surface area contributed by atoms with E-state index < -0.39 is 0 Å². The van der Waals surface area contributed by atoms with Crippen molar-refractivity contribution in [3.8, 4) is 6.07 Å². The van der Waals surface area contributed by atoms with Crippen molar-refractivity contribution >= 4 is 27.6 Å². The van der Waals surface area contributed by atoms with E-state index in [1.54, 1.807) is 12.1 Å². The molecule has 0 aliphatic rings. The van der Waals surface area contributed by atoms with Crippen molar-refractivity contribution in [1.29, 1.82) is 5.26 Å². The van der Waals surface area contributed by atoms with Crippen LogP contribution in [0.2, 0.25) is 0 Å². The van der Waals surface area contributed by atoms with Crippen LogP contribution in [0.25, 0.3) is 0 Å². The van der Waals surface area contributed by atoms with Gasteiger partial charge in [0.25, 0.3) is 0 Å². The summed E-state index contributed by atoms with van der Waals surface area (Å²) in [5.41, 5.74) is 1.40. The molecule has 0 saturated carbocycles. The Bertz CT molecular complexity index is 469. The molecular weight excluding hydrogens is 296 g/mol. The standard InChI is InChI=1S/C13H15BrN2O2/c1-3-4-16(9-13(17)18-2)12-6-10(8-15)5-11(14)7-12/h5-7H,3-4,9H2,1-2H3. The summed E-state index contributed by atoms with van der Waals surface area (Å²) < 4.78 is 5.50. The quantitative estimate of drug-likeness (QED) is 0.785. The van der Waals surface area contributed by atoms with Gasteiger partial charge >= 0.3 is 5.97 Å². The van der Waals surface area contributed by atoms with Gasteiger partial charge in [0.05, 0.1) is 18.7 Å². The predicted octanol–water partition coefficient (Wildman–Crippen LogP) is 2.71. The number of hydrogen-bond donors (Lipinski definition) is 0. The van der Waals surface area contributed by atoms with Crippen molar-refractivity contribution in [3.63, 3.8) is 0 Å². The van der Waals surface area contributed by atoms with Crippen LogP contribution in [0.1, 0.15) is 18.9 Å². The second-order valence-corrected chi connectivity index (χ2v) is 4.72. The Labute approximate surface area is 115 Å². The van der Waals surface area contributed by atoms with Gasteiger partial charge in [0, 0.05) is 16.7 Å². The minimum absolute atomic E-state index is 0.186. The highest BCUT2D eigenvalue weighted by molar-refractivity contribution is 9.10. The van der Waals surface area contributed by atoms with Crippen molar-refractivity contribution in [2.45, 2.75) is 13.3 Å². The van der Waals surface area contributed by atoms with Crippen LogP contribution in [0.3, 0.4) is 0 Å². The number of anilines is 1. The zero-order chi connectivity index (χ0) is 13.5. The molecule has 1 rings (SSSR count). The molecule has 0 N–H and O–H groups in total. The van der Waals surface area contributed by atoms with Gasteiger partial charge in [-0.2, -0.15) is 5.26 Å². The first kappa shape index (κ1) is 14.5. The zero-order valence-electron chi connectivity index (χ0n) is 10.4. The molecule has 0 fully saturated rings. The summed E-state index contributed by atoms with van der Waals surface area (Å²) in [7, 11) is 1.37. The van der Waals surface area contributed by atoms with E-state index in [2.05, 4.69) is 26.7 Å². The molecule has 0 atom stereocenters. The molecule has 0 saturated heterocycles. The van der Waals surface area contributed by atoms with Crippen LogP contribution < -0.4 is 4.90 Å². The van der Waals surface area contributed by atoms with Gasteiger partial charge in [-0.1, -0.05) is 22.9 Å². The molecule has 0 aliphatic heterocycles. The van der Waals surface area contributed by atoms with E-state index in [-0.39, 0.29) is 12.5 Å². The Morgan fingerprint density at radius 1 is 1.50 bits per heavy atom. The molecule has 4 nitrogen and oxygen atoms in total. The molecule has 0 aromatic heterocycles. The SMILES string of the molecule is CCCN(CC(=O)OC)c1cc(Br)cc(C#N)c1. The minimum Gasteiger partial charge on any atom is -0.468 e. The lowest BCUT2D eigenvalue weighted by atomic mass is 10.2. The summed E-state index contributed by atoms with van der Waals surface area (Å²) in [6.07, 6.45) is 0.908. The van der Waals surface area contributed by atoms with E-state index >= 15 is 0 Å². The molecule has 5 heteroatoms. The average Bonchev–Trinajstić information content (AvgIpc) is 2.37. The first-order valence-corrected chi connectivity index (χ1v) is 6.42. The third kappa shape index (κ3) is 4.04. The van der Waals surface area contributed by atoms with Crippen LogP contribution in [0, 0.1) is 11.3 Å². The molecule has 1 aromatic carbocycles. The molecule has 0 radical (unpaired) electrons. The number of halogens is 1. The fraction of sp³-hybridized carbons (Fsp3) is 0.385. The summed E-state index contributed by atoms with van der Waals surface area (Å²) >= 11 is 3.36. The second-order valence-electron chi connectivity index (χ2n) is 3.81. The van der Waals surface area contributed by atoms with Crippen LogP contribution in [0.15, 0.2) is 22.7 Å². The zero-order valence-corrected chi connectivity index (χ0v) is 12.0. The van der Waals surface area contributed by atoms with Crippen molar-refractivity contribution in [2.75, 3.05) is 25.1 Å². The molecule has 0 heterocycles. The highest BCUT2D eigenvalue weighted by Crippen LogP contribution is 2.23. The predicted molar refractivity (Wildman–Crippen MR) is 73.4 cm³/mol. The topological polar surface area (TPSA) is 53.3 Å². The van der Waals surface area contributed by atoms with Crippen molar-refractivity contribution in [2.24, 2.45) is 0 Å². The Kier molecular flexibility index (Phi) is 5.66. The van der Waals surface area contributed by atoms with Gasteiger partial charge in [-0.05, 0) is 24.6 Å². The third-order valence-corrected chi connectivity index (χ3v) is 2.88. The summed E-state index contributed by atoms with van der Waals surface area (Å²) in [6.45, 7) is 2.95. The van der Waals surface area contributed by atoms with Crippen LogP contribution >= 0.6 is 15.9 Å². The Hall–Kier alpha value is -1.54. The average molecular weight is 311 g/mol. The number of carbonyl (C=O) groups is 1. The summed E-state index contributed by atoms with van der Waals surface area (Å²) in [4.78, 5) is 13.3. The molecule has 96 valence electrons. The van der Waals surface area contributed by atoms with E-state index in [0.717, 1.165) is 23.1 Å². The van der Waals surface area contributed by atoms with E-state index in [1.807, 2.05) is 17.9 Å². The fourth-order valence-electron chi connectivity index (χ4n) is 1.61. The van der Waals surface area contributed by atoms with Crippen molar-refractivity contribution < 1.29 is 9.53 Å². The molecule has 0 unspecified atom stereocenters. The van der Waals surface area contributed by atoms with Crippen LogP contribution in [-0.2, 0) is 9.53 Å². The monoisotopic (exact) mass is 310 g/mol. The number of carbonyl (C=O) groups excluding carboxylic acids is 1. The van der Waals surface area contributed by atoms with E-state index in [1.165, 1.54) is 7.11 Å². The van der Waals surface area contributed by atoms with E-state index in [4.69, 9.17) is 5.26 Å². The molecular formula is C13H15BrN2O2. The van der Waals surface area contributed by atoms with Gasteiger partial charge in [-0.25, -0.2) is 0 Å². The molecule has 0 amide bonds. The number of hydrogen-bond acceptors (Lipinski definition) is 4. The normalized spacial score (nSPS) is 9.67. The first-order valence-electron chi connectivity index (χ1n) is 5.63. The Morgan fingerprint density at radius 2 is 2.22 bits per heavy atom. The number of nitriles is 1. The number of benzene rings is 1. The molecule has 0 aliphatic carbocycles. The van der Waals surface area contributed by atoms with Gasteiger partial charge in [0.1, 0.15) is 6.54 Å². The first-order chi connectivity index (χ1) is 8.60. The highest BCUT2D eigenvalue weighted by atomic mass is 79.9.